The second kappa shape index (κ2) is 6.58. The van der Waals surface area contributed by atoms with Gasteiger partial charge >= 0.3 is 5.97 Å². The first-order valence-corrected chi connectivity index (χ1v) is 6.52. The highest BCUT2D eigenvalue weighted by Gasteiger charge is 2.08. The molecular formula is C17H15NO3. The predicted octanol–water partition coefficient (Wildman–Crippen LogP) is 3.07. The molecule has 0 amide bonds. The maximum absolute atomic E-state index is 10.9. The summed E-state index contributed by atoms with van der Waals surface area (Å²) in [6, 6.07) is 14.6. The summed E-state index contributed by atoms with van der Waals surface area (Å²) in [5, 5.41) is 17.8. The molecular weight excluding hydrogens is 266 g/mol. The van der Waals surface area contributed by atoms with Crippen molar-refractivity contribution in [2.24, 2.45) is 0 Å². The lowest BCUT2D eigenvalue weighted by atomic mass is 10.1. The Morgan fingerprint density at radius 2 is 1.95 bits per heavy atom. The minimum atomic E-state index is -0.870. The lowest BCUT2D eigenvalue weighted by Crippen LogP contribution is -2.06. The lowest BCUT2D eigenvalue weighted by molar-refractivity contribution is -0.136. The van der Waals surface area contributed by atoms with Gasteiger partial charge in [-0.15, -0.1) is 0 Å². The fourth-order valence-electron chi connectivity index (χ4n) is 2.01. The number of ether oxygens (including phenoxy) is 1. The van der Waals surface area contributed by atoms with Gasteiger partial charge in [-0.3, -0.25) is 4.79 Å². The van der Waals surface area contributed by atoms with Crippen LogP contribution in [0.4, 0.5) is 0 Å². The molecule has 0 aliphatic heterocycles. The molecule has 0 aromatic heterocycles. The van der Waals surface area contributed by atoms with Crippen LogP contribution < -0.4 is 4.74 Å². The van der Waals surface area contributed by atoms with Crippen molar-refractivity contribution in [2.45, 2.75) is 20.0 Å². The van der Waals surface area contributed by atoms with Crippen LogP contribution in [-0.4, -0.2) is 11.1 Å². The fraction of sp³-hybridized carbons (Fsp3) is 0.176. The Bertz CT molecular complexity index is 701. The molecule has 0 aliphatic carbocycles. The zero-order valence-electron chi connectivity index (χ0n) is 11.7. The summed E-state index contributed by atoms with van der Waals surface area (Å²) in [6.07, 6.45) is -0.0310. The predicted molar refractivity (Wildman–Crippen MR) is 78.0 cm³/mol. The van der Waals surface area contributed by atoms with Crippen molar-refractivity contribution in [2.75, 3.05) is 0 Å². The van der Waals surface area contributed by atoms with Gasteiger partial charge in [0.05, 0.1) is 18.1 Å². The monoisotopic (exact) mass is 281 g/mol. The molecule has 21 heavy (non-hydrogen) atoms. The molecule has 0 heterocycles. The van der Waals surface area contributed by atoms with E-state index in [1.807, 2.05) is 31.2 Å². The minimum Gasteiger partial charge on any atom is -0.489 e. The summed E-state index contributed by atoms with van der Waals surface area (Å²) in [6.45, 7) is 2.18. The van der Waals surface area contributed by atoms with Crippen molar-refractivity contribution < 1.29 is 14.6 Å². The third-order valence-corrected chi connectivity index (χ3v) is 3.16. The number of nitrogens with zero attached hydrogens (tertiary/aromatic N) is 1. The minimum absolute atomic E-state index is 0.0310. The molecule has 0 saturated heterocycles. The van der Waals surface area contributed by atoms with Gasteiger partial charge in [-0.2, -0.15) is 5.26 Å². The number of aliphatic carboxylic acids is 1. The number of hydrogen-bond donors (Lipinski definition) is 1. The quantitative estimate of drug-likeness (QED) is 0.914. The van der Waals surface area contributed by atoms with Crippen molar-refractivity contribution in [1.29, 1.82) is 5.26 Å². The van der Waals surface area contributed by atoms with Gasteiger partial charge < -0.3 is 9.84 Å². The second-order valence-corrected chi connectivity index (χ2v) is 4.72. The number of rotatable bonds is 5. The van der Waals surface area contributed by atoms with Crippen LogP contribution in [0.5, 0.6) is 5.75 Å². The molecule has 0 spiro atoms. The molecule has 2 aromatic rings. The normalized spacial score (nSPS) is 9.90. The van der Waals surface area contributed by atoms with E-state index < -0.39 is 5.97 Å². The lowest BCUT2D eigenvalue weighted by Gasteiger charge is -2.12. The summed E-state index contributed by atoms with van der Waals surface area (Å²) >= 11 is 0. The van der Waals surface area contributed by atoms with E-state index in [0.717, 1.165) is 16.7 Å². The molecule has 0 saturated carbocycles. The summed E-state index contributed by atoms with van der Waals surface area (Å²) < 4.78 is 5.74. The van der Waals surface area contributed by atoms with E-state index >= 15 is 0 Å². The van der Waals surface area contributed by atoms with Gasteiger partial charge in [0.2, 0.25) is 0 Å². The number of carboxylic acids is 1. The van der Waals surface area contributed by atoms with Gasteiger partial charge in [-0.05, 0) is 35.7 Å². The van der Waals surface area contributed by atoms with E-state index in [1.165, 1.54) is 0 Å². The van der Waals surface area contributed by atoms with Crippen molar-refractivity contribution >= 4 is 5.97 Å². The fourth-order valence-corrected chi connectivity index (χ4v) is 2.01. The van der Waals surface area contributed by atoms with Crippen LogP contribution in [0.3, 0.4) is 0 Å². The van der Waals surface area contributed by atoms with Crippen LogP contribution in [0.15, 0.2) is 42.5 Å². The Balaban J connectivity index is 2.17. The van der Waals surface area contributed by atoms with Gasteiger partial charge in [-0.1, -0.05) is 30.3 Å². The SMILES string of the molecule is Cc1ccc(C#N)cc1OCc1ccccc1CC(=O)O. The maximum atomic E-state index is 10.9. The zero-order chi connectivity index (χ0) is 15.2. The number of carboxylic acid groups (broad SMARTS) is 1. The highest BCUT2D eigenvalue weighted by molar-refractivity contribution is 5.70. The van der Waals surface area contributed by atoms with E-state index in [-0.39, 0.29) is 13.0 Å². The average Bonchev–Trinajstić information content (AvgIpc) is 2.47. The van der Waals surface area contributed by atoms with Crippen molar-refractivity contribution in [3.8, 4) is 11.8 Å². The van der Waals surface area contributed by atoms with Gasteiger partial charge in [0.15, 0.2) is 0 Å². The number of benzene rings is 2. The van der Waals surface area contributed by atoms with Crippen LogP contribution >= 0.6 is 0 Å². The molecule has 0 radical (unpaired) electrons. The van der Waals surface area contributed by atoms with Crippen LogP contribution in [0, 0.1) is 18.3 Å². The first kappa shape index (κ1) is 14.6. The van der Waals surface area contributed by atoms with Gasteiger partial charge in [0.1, 0.15) is 12.4 Å². The van der Waals surface area contributed by atoms with Crippen LogP contribution in [0.1, 0.15) is 22.3 Å². The second-order valence-electron chi connectivity index (χ2n) is 4.72. The topological polar surface area (TPSA) is 70.3 Å². The summed E-state index contributed by atoms with van der Waals surface area (Å²) in [5.41, 5.74) is 3.04. The Hall–Kier alpha value is -2.80. The number of nitriles is 1. The molecule has 0 bridgehead atoms. The summed E-state index contributed by atoms with van der Waals surface area (Å²) in [7, 11) is 0. The van der Waals surface area contributed by atoms with Crippen molar-refractivity contribution in [3.05, 3.63) is 64.7 Å². The first-order valence-electron chi connectivity index (χ1n) is 6.52. The van der Waals surface area contributed by atoms with Crippen LogP contribution in [0.25, 0.3) is 0 Å². The Morgan fingerprint density at radius 1 is 1.24 bits per heavy atom. The molecule has 4 nitrogen and oxygen atoms in total. The smallest absolute Gasteiger partial charge is 0.307 e. The molecule has 2 rings (SSSR count). The van der Waals surface area contributed by atoms with Crippen LogP contribution in [0.2, 0.25) is 0 Å². The largest absolute Gasteiger partial charge is 0.489 e. The molecule has 0 unspecified atom stereocenters. The average molecular weight is 281 g/mol. The highest BCUT2D eigenvalue weighted by atomic mass is 16.5. The van der Waals surface area contributed by atoms with Gasteiger partial charge in [0, 0.05) is 0 Å². The van der Waals surface area contributed by atoms with Gasteiger partial charge in [-0.25, -0.2) is 0 Å². The Labute approximate surface area is 123 Å². The first-order chi connectivity index (χ1) is 10.1. The summed E-state index contributed by atoms with van der Waals surface area (Å²) in [4.78, 5) is 10.9. The van der Waals surface area contributed by atoms with E-state index in [9.17, 15) is 4.79 Å². The standard InChI is InChI=1S/C17H15NO3/c1-12-6-7-13(10-18)8-16(12)21-11-15-5-3-2-4-14(15)9-17(19)20/h2-8H,9,11H2,1H3,(H,19,20). The van der Waals surface area contributed by atoms with E-state index in [1.54, 1.807) is 18.2 Å². The third-order valence-electron chi connectivity index (χ3n) is 3.16. The van der Waals surface area contributed by atoms with Crippen molar-refractivity contribution in [3.63, 3.8) is 0 Å². The molecule has 0 atom stereocenters. The summed E-state index contributed by atoms with van der Waals surface area (Å²) in [5.74, 6) is -0.232. The van der Waals surface area contributed by atoms with Crippen molar-refractivity contribution in [1.82, 2.24) is 0 Å². The molecule has 4 heteroatoms. The number of carbonyl (C=O) groups is 1. The van der Waals surface area contributed by atoms with E-state index in [0.29, 0.717) is 11.3 Å². The molecule has 1 N–H and O–H groups in total. The Kier molecular flexibility index (Phi) is 4.57. The number of hydrogen-bond acceptors (Lipinski definition) is 3. The molecule has 0 aliphatic rings. The molecule has 0 fully saturated rings. The molecule has 106 valence electrons. The third kappa shape index (κ3) is 3.83. The highest BCUT2D eigenvalue weighted by Crippen LogP contribution is 2.21. The van der Waals surface area contributed by atoms with Crippen LogP contribution in [-0.2, 0) is 17.8 Å². The Morgan fingerprint density at radius 3 is 2.62 bits per heavy atom. The van der Waals surface area contributed by atoms with E-state index in [4.69, 9.17) is 15.1 Å². The van der Waals surface area contributed by atoms with E-state index in [2.05, 4.69) is 6.07 Å². The molecule has 2 aromatic carbocycles. The zero-order valence-corrected chi connectivity index (χ0v) is 11.7. The van der Waals surface area contributed by atoms with Gasteiger partial charge in [0.25, 0.3) is 0 Å². The number of aryl methyl sites for hydroxylation is 1. The maximum Gasteiger partial charge on any atom is 0.307 e.